The van der Waals surface area contributed by atoms with Crippen LogP contribution in [0.15, 0.2) is 18.2 Å². The molecule has 0 fully saturated rings. The van der Waals surface area contributed by atoms with Gasteiger partial charge in [-0.25, -0.2) is 0 Å². The van der Waals surface area contributed by atoms with Crippen LogP contribution in [0.2, 0.25) is 0 Å². The second kappa shape index (κ2) is 6.15. The highest BCUT2D eigenvalue weighted by Crippen LogP contribution is 2.24. The molecule has 1 aromatic rings. The van der Waals surface area contributed by atoms with Crippen LogP contribution in [-0.4, -0.2) is 31.0 Å². The first-order valence-electron chi connectivity index (χ1n) is 6.58. The minimum Gasteiger partial charge on any atom is -0.376 e. The summed E-state index contributed by atoms with van der Waals surface area (Å²) in [5.41, 5.74) is 2.14. The van der Waals surface area contributed by atoms with E-state index in [-0.39, 0.29) is 12.3 Å². The van der Waals surface area contributed by atoms with E-state index < -0.39 is 18.6 Å². The van der Waals surface area contributed by atoms with E-state index in [9.17, 15) is 22.8 Å². The smallest absolute Gasteiger partial charge is 0.376 e. The van der Waals surface area contributed by atoms with Crippen molar-refractivity contribution in [3.8, 4) is 0 Å². The van der Waals surface area contributed by atoms with Crippen LogP contribution in [0.25, 0.3) is 0 Å². The molecule has 0 aliphatic heterocycles. The van der Waals surface area contributed by atoms with Crippen LogP contribution in [0, 0.1) is 0 Å². The molecule has 0 aromatic heterocycles. The number of halogens is 3. The predicted octanol–water partition coefficient (Wildman–Crippen LogP) is 2.30. The summed E-state index contributed by atoms with van der Waals surface area (Å²) in [6, 6.07) is 5.17. The number of Topliss-reactive ketones (excluding diaryl/α,β-unsaturated/α-hetero) is 1. The number of nitrogens with one attached hydrogen (secondary N) is 2. The number of carbonyl (C=O) groups excluding carboxylic acids is 2. The molecule has 0 heterocycles. The fourth-order valence-corrected chi connectivity index (χ4v) is 2.18. The zero-order valence-corrected chi connectivity index (χ0v) is 11.2. The van der Waals surface area contributed by atoms with Gasteiger partial charge in [0, 0.05) is 17.7 Å². The van der Waals surface area contributed by atoms with Gasteiger partial charge in [0.1, 0.15) is 6.54 Å². The molecule has 0 saturated carbocycles. The van der Waals surface area contributed by atoms with Crippen LogP contribution >= 0.6 is 0 Å². The van der Waals surface area contributed by atoms with Crippen LogP contribution < -0.4 is 10.6 Å². The Bertz CT molecular complexity index is 556. The van der Waals surface area contributed by atoms with Gasteiger partial charge in [-0.3, -0.25) is 9.59 Å². The molecular weight excluding hydrogens is 285 g/mol. The molecular formula is C14H15F3N2O2. The van der Waals surface area contributed by atoms with Crippen molar-refractivity contribution in [2.75, 3.05) is 18.4 Å². The molecule has 21 heavy (non-hydrogen) atoms. The van der Waals surface area contributed by atoms with Gasteiger partial charge in [-0.05, 0) is 30.5 Å². The maximum Gasteiger partial charge on any atom is 0.405 e. The zero-order chi connectivity index (χ0) is 15.5. The highest BCUT2D eigenvalue weighted by Gasteiger charge is 2.27. The van der Waals surface area contributed by atoms with Gasteiger partial charge in [-0.1, -0.05) is 6.07 Å². The molecule has 0 unspecified atom stereocenters. The molecule has 1 amide bonds. The molecule has 4 nitrogen and oxygen atoms in total. The highest BCUT2D eigenvalue weighted by molar-refractivity contribution is 5.99. The Hall–Kier alpha value is -2.05. The second-order valence-corrected chi connectivity index (χ2v) is 4.89. The molecule has 0 bridgehead atoms. The number of amides is 1. The average molecular weight is 300 g/mol. The van der Waals surface area contributed by atoms with Gasteiger partial charge in [0.05, 0.1) is 6.54 Å². The van der Waals surface area contributed by atoms with Crippen molar-refractivity contribution in [2.24, 2.45) is 0 Å². The van der Waals surface area contributed by atoms with Crippen LogP contribution in [0.1, 0.15) is 28.8 Å². The van der Waals surface area contributed by atoms with E-state index in [1.165, 1.54) is 0 Å². The number of anilines is 1. The molecule has 0 atom stereocenters. The van der Waals surface area contributed by atoms with Crippen molar-refractivity contribution in [3.05, 3.63) is 29.3 Å². The molecule has 114 valence electrons. The Balaban J connectivity index is 1.90. The first kappa shape index (κ1) is 15.3. The van der Waals surface area contributed by atoms with Crippen molar-refractivity contribution < 1.29 is 22.8 Å². The quantitative estimate of drug-likeness (QED) is 0.897. The van der Waals surface area contributed by atoms with E-state index in [0.717, 1.165) is 18.4 Å². The molecule has 0 saturated heterocycles. The van der Waals surface area contributed by atoms with Gasteiger partial charge in [0.15, 0.2) is 5.78 Å². The Labute approximate surface area is 119 Å². The van der Waals surface area contributed by atoms with Gasteiger partial charge < -0.3 is 10.6 Å². The lowest BCUT2D eigenvalue weighted by Gasteiger charge is -2.16. The van der Waals surface area contributed by atoms with Gasteiger partial charge >= 0.3 is 6.18 Å². The largest absolute Gasteiger partial charge is 0.405 e. The first-order chi connectivity index (χ1) is 9.85. The number of alkyl halides is 3. The number of benzene rings is 1. The third-order valence-corrected chi connectivity index (χ3v) is 3.20. The van der Waals surface area contributed by atoms with E-state index in [2.05, 4.69) is 5.32 Å². The number of carbonyl (C=O) groups is 2. The summed E-state index contributed by atoms with van der Waals surface area (Å²) in [5, 5.41) is 4.49. The maximum absolute atomic E-state index is 11.9. The second-order valence-electron chi connectivity index (χ2n) is 4.89. The minimum absolute atomic E-state index is 0.0569. The normalized spacial score (nSPS) is 14.5. The van der Waals surface area contributed by atoms with Crippen LogP contribution in [0.3, 0.4) is 0 Å². The summed E-state index contributed by atoms with van der Waals surface area (Å²) in [6.07, 6.45) is -2.25. The highest BCUT2D eigenvalue weighted by atomic mass is 19.4. The van der Waals surface area contributed by atoms with Crippen molar-refractivity contribution in [1.29, 1.82) is 0 Å². The number of hydrogen-bond acceptors (Lipinski definition) is 3. The maximum atomic E-state index is 11.9. The monoisotopic (exact) mass is 300 g/mol. The summed E-state index contributed by atoms with van der Waals surface area (Å²) < 4.78 is 35.8. The number of ketones is 1. The fourth-order valence-electron chi connectivity index (χ4n) is 2.18. The van der Waals surface area contributed by atoms with Crippen LogP contribution in [-0.2, 0) is 11.2 Å². The van der Waals surface area contributed by atoms with Crippen molar-refractivity contribution in [3.63, 3.8) is 0 Å². The van der Waals surface area contributed by atoms with Gasteiger partial charge in [0.2, 0.25) is 5.91 Å². The molecule has 2 rings (SSSR count). The molecule has 1 aromatic carbocycles. The molecule has 2 N–H and O–H groups in total. The lowest BCUT2D eigenvalue weighted by Crippen LogP contribution is -2.37. The predicted molar refractivity (Wildman–Crippen MR) is 71.3 cm³/mol. The topological polar surface area (TPSA) is 58.2 Å². The summed E-state index contributed by atoms with van der Waals surface area (Å²) >= 11 is 0. The van der Waals surface area contributed by atoms with E-state index in [1.54, 1.807) is 17.4 Å². The van der Waals surface area contributed by atoms with E-state index in [1.807, 2.05) is 6.07 Å². The van der Waals surface area contributed by atoms with Crippen molar-refractivity contribution in [2.45, 2.75) is 25.4 Å². The summed E-state index contributed by atoms with van der Waals surface area (Å²) in [5.74, 6) is -0.696. The van der Waals surface area contributed by atoms with E-state index in [4.69, 9.17) is 0 Å². The zero-order valence-electron chi connectivity index (χ0n) is 11.2. The number of hydrogen-bond donors (Lipinski definition) is 2. The summed E-state index contributed by atoms with van der Waals surface area (Å²) in [6.45, 7) is -1.63. The van der Waals surface area contributed by atoms with Gasteiger partial charge in [-0.15, -0.1) is 0 Å². The SMILES string of the molecule is O=C(CNc1ccc2c(c1)C(=O)CCC2)NCC(F)(F)F. The van der Waals surface area contributed by atoms with Crippen LogP contribution in [0.5, 0.6) is 0 Å². The first-order valence-corrected chi connectivity index (χ1v) is 6.58. The van der Waals surface area contributed by atoms with Gasteiger partial charge in [-0.2, -0.15) is 13.2 Å². The van der Waals surface area contributed by atoms with Gasteiger partial charge in [0.25, 0.3) is 0 Å². The lowest BCUT2D eigenvalue weighted by atomic mass is 9.90. The van der Waals surface area contributed by atoms with Crippen molar-refractivity contribution in [1.82, 2.24) is 5.32 Å². The lowest BCUT2D eigenvalue weighted by molar-refractivity contribution is -0.137. The van der Waals surface area contributed by atoms with Crippen LogP contribution in [0.4, 0.5) is 18.9 Å². The summed E-state index contributed by atoms with van der Waals surface area (Å²) in [4.78, 5) is 23.0. The van der Waals surface area contributed by atoms with E-state index in [0.29, 0.717) is 17.7 Å². The van der Waals surface area contributed by atoms with E-state index >= 15 is 0 Å². The Morgan fingerprint density at radius 2 is 2.00 bits per heavy atom. The standard InChI is InChI=1S/C14H15F3N2O2/c15-14(16,17)8-19-13(21)7-18-10-5-4-9-2-1-3-12(20)11(9)6-10/h4-6,18H,1-3,7-8H2,(H,19,21). The number of aryl methyl sites for hydroxylation is 1. The number of fused-ring (bicyclic) bond motifs is 1. The summed E-state index contributed by atoms with van der Waals surface area (Å²) in [7, 11) is 0. The molecule has 7 heteroatoms. The fraction of sp³-hybridized carbons (Fsp3) is 0.429. The molecule has 1 aliphatic carbocycles. The average Bonchev–Trinajstić information content (AvgIpc) is 2.43. The molecule has 0 radical (unpaired) electrons. The Morgan fingerprint density at radius 3 is 2.71 bits per heavy atom. The third-order valence-electron chi connectivity index (χ3n) is 3.20. The Kier molecular flexibility index (Phi) is 4.50. The third kappa shape index (κ3) is 4.47. The van der Waals surface area contributed by atoms with Crippen molar-refractivity contribution >= 4 is 17.4 Å². The minimum atomic E-state index is -4.42. The molecule has 0 spiro atoms. The Morgan fingerprint density at radius 1 is 1.24 bits per heavy atom. The number of rotatable bonds is 4. The molecule has 1 aliphatic rings.